The second-order valence-electron chi connectivity index (χ2n) is 3.00. The van der Waals surface area contributed by atoms with Crippen LogP contribution in [-0.4, -0.2) is 17.1 Å². The molecule has 76 valence electrons. The third-order valence-corrected chi connectivity index (χ3v) is 1.84. The van der Waals surface area contributed by atoms with E-state index in [4.69, 9.17) is 16.6 Å². The van der Waals surface area contributed by atoms with Crippen molar-refractivity contribution in [3.63, 3.8) is 0 Å². The zero-order valence-corrected chi connectivity index (χ0v) is 7.40. The van der Waals surface area contributed by atoms with Crippen molar-refractivity contribution in [2.45, 2.75) is 12.5 Å². The van der Waals surface area contributed by atoms with Gasteiger partial charge in [0.25, 0.3) is 0 Å². The Hall–Kier alpha value is -1.62. The number of nitrogen functional groups attached to an aromatic ring is 1. The van der Waals surface area contributed by atoms with E-state index < -0.39 is 17.8 Å². The molecule has 0 radical (unpaired) electrons. The smallest absolute Gasteiger partial charge is 0.320 e. The number of halogens is 1. The maximum atomic E-state index is 12.9. The van der Waals surface area contributed by atoms with E-state index in [1.807, 2.05) is 0 Å². The SMILES string of the molecule is Nc1ccc(CC(N)C(=O)O)cc1F. The van der Waals surface area contributed by atoms with Crippen LogP contribution in [0.3, 0.4) is 0 Å². The van der Waals surface area contributed by atoms with Crippen LogP contribution >= 0.6 is 0 Å². The van der Waals surface area contributed by atoms with Crippen molar-refractivity contribution >= 4 is 11.7 Å². The van der Waals surface area contributed by atoms with Gasteiger partial charge < -0.3 is 16.6 Å². The summed E-state index contributed by atoms with van der Waals surface area (Å²) in [5.41, 5.74) is 11.1. The van der Waals surface area contributed by atoms with Gasteiger partial charge in [0, 0.05) is 0 Å². The third kappa shape index (κ3) is 2.43. The lowest BCUT2D eigenvalue weighted by atomic mass is 10.1. The van der Waals surface area contributed by atoms with Crippen LogP contribution in [0.1, 0.15) is 5.56 Å². The molecule has 0 saturated carbocycles. The predicted octanol–water partition coefficient (Wildman–Crippen LogP) is 0.362. The number of carboxylic acid groups (broad SMARTS) is 1. The minimum atomic E-state index is -1.11. The molecular formula is C9H11FN2O2. The molecule has 0 amide bonds. The van der Waals surface area contributed by atoms with Crippen LogP contribution in [0.4, 0.5) is 10.1 Å². The highest BCUT2D eigenvalue weighted by Crippen LogP contribution is 2.12. The molecule has 5 heteroatoms. The van der Waals surface area contributed by atoms with E-state index in [2.05, 4.69) is 0 Å². The summed E-state index contributed by atoms with van der Waals surface area (Å²) >= 11 is 0. The molecule has 1 atom stereocenters. The highest BCUT2D eigenvalue weighted by molar-refractivity contribution is 5.73. The standard InChI is InChI=1S/C9H11FN2O2/c10-6-3-5(1-2-7(6)11)4-8(12)9(13)14/h1-3,8H,4,11-12H2,(H,13,14). The molecular weight excluding hydrogens is 187 g/mol. The van der Waals surface area contributed by atoms with Gasteiger partial charge in [-0.3, -0.25) is 4.79 Å². The Morgan fingerprint density at radius 3 is 2.71 bits per heavy atom. The maximum Gasteiger partial charge on any atom is 0.320 e. The third-order valence-electron chi connectivity index (χ3n) is 1.84. The molecule has 1 aromatic rings. The lowest BCUT2D eigenvalue weighted by Gasteiger charge is -2.06. The molecule has 0 fully saturated rings. The molecule has 1 rings (SSSR count). The van der Waals surface area contributed by atoms with Gasteiger partial charge in [-0.1, -0.05) is 6.07 Å². The van der Waals surface area contributed by atoms with Crippen LogP contribution in [0.5, 0.6) is 0 Å². The van der Waals surface area contributed by atoms with E-state index in [1.54, 1.807) is 6.07 Å². The van der Waals surface area contributed by atoms with E-state index in [0.29, 0.717) is 5.56 Å². The molecule has 0 aliphatic carbocycles. The molecule has 5 N–H and O–H groups in total. The van der Waals surface area contributed by atoms with Crippen molar-refractivity contribution in [3.8, 4) is 0 Å². The summed E-state index contributed by atoms with van der Waals surface area (Å²) in [5.74, 6) is -1.66. The summed E-state index contributed by atoms with van der Waals surface area (Å²) in [6, 6.07) is 3.12. The summed E-state index contributed by atoms with van der Waals surface area (Å²) in [6.07, 6.45) is 0.0898. The first kappa shape index (κ1) is 10.5. The largest absolute Gasteiger partial charge is 0.480 e. The van der Waals surface area contributed by atoms with Crippen LogP contribution in [0, 0.1) is 5.82 Å². The minimum Gasteiger partial charge on any atom is -0.480 e. The number of hydrogen-bond acceptors (Lipinski definition) is 3. The fraction of sp³-hybridized carbons (Fsp3) is 0.222. The fourth-order valence-corrected chi connectivity index (χ4v) is 1.04. The fourth-order valence-electron chi connectivity index (χ4n) is 1.04. The molecule has 0 saturated heterocycles. The quantitative estimate of drug-likeness (QED) is 0.612. The predicted molar refractivity (Wildman–Crippen MR) is 50.1 cm³/mol. The van der Waals surface area contributed by atoms with Gasteiger partial charge in [-0.2, -0.15) is 0 Å². The zero-order chi connectivity index (χ0) is 10.7. The number of carboxylic acids is 1. The van der Waals surface area contributed by atoms with Gasteiger partial charge in [-0.15, -0.1) is 0 Å². The number of aliphatic carboxylic acids is 1. The summed E-state index contributed by atoms with van der Waals surface area (Å²) < 4.78 is 12.9. The van der Waals surface area contributed by atoms with Gasteiger partial charge in [0.15, 0.2) is 0 Å². The number of carbonyl (C=O) groups is 1. The van der Waals surface area contributed by atoms with E-state index in [0.717, 1.165) is 0 Å². The van der Waals surface area contributed by atoms with E-state index in [-0.39, 0.29) is 12.1 Å². The Balaban J connectivity index is 2.78. The molecule has 0 bridgehead atoms. The van der Waals surface area contributed by atoms with Gasteiger partial charge in [0.2, 0.25) is 0 Å². The lowest BCUT2D eigenvalue weighted by molar-refractivity contribution is -0.138. The zero-order valence-electron chi connectivity index (χ0n) is 7.40. The van der Waals surface area contributed by atoms with Crippen molar-refractivity contribution in [2.75, 3.05) is 5.73 Å². The van der Waals surface area contributed by atoms with Crippen LogP contribution in [0.25, 0.3) is 0 Å². The number of benzene rings is 1. The molecule has 1 unspecified atom stereocenters. The van der Waals surface area contributed by atoms with Crippen LogP contribution in [-0.2, 0) is 11.2 Å². The molecule has 0 spiro atoms. The molecule has 4 nitrogen and oxygen atoms in total. The molecule has 0 aromatic heterocycles. The second-order valence-corrected chi connectivity index (χ2v) is 3.00. The van der Waals surface area contributed by atoms with Gasteiger partial charge in [-0.05, 0) is 24.1 Å². The summed E-state index contributed by atoms with van der Waals surface area (Å²) in [5, 5.41) is 8.52. The Labute approximate surface area is 80.3 Å². The van der Waals surface area contributed by atoms with Gasteiger partial charge >= 0.3 is 5.97 Å². The highest BCUT2D eigenvalue weighted by atomic mass is 19.1. The van der Waals surface area contributed by atoms with Crippen LogP contribution in [0.15, 0.2) is 18.2 Å². The Morgan fingerprint density at radius 2 is 2.21 bits per heavy atom. The number of rotatable bonds is 3. The maximum absolute atomic E-state index is 12.9. The second kappa shape index (κ2) is 4.06. The average molecular weight is 198 g/mol. The van der Waals surface area contributed by atoms with Crippen LogP contribution in [0.2, 0.25) is 0 Å². The van der Waals surface area contributed by atoms with Crippen molar-refractivity contribution in [1.29, 1.82) is 0 Å². The first-order valence-corrected chi connectivity index (χ1v) is 4.03. The summed E-state index contributed by atoms with van der Waals surface area (Å²) in [7, 11) is 0. The van der Waals surface area contributed by atoms with Gasteiger partial charge in [0.1, 0.15) is 11.9 Å². The van der Waals surface area contributed by atoms with Gasteiger partial charge in [-0.25, -0.2) is 4.39 Å². The van der Waals surface area contributed by atoms with Crippen molar-refractivity contribution in [2.24, 2.45) is 5.73 Å². The lowest BCUT2D eigenvalue weighted by Crippen LogP contribution is -2.32. The molecule has 14 heavy (non-hydrogen) atoms. The summed E-state index contributed by atoms with van der Waals surface area (Å²) in [4.78, 5) is 10.4. The molecule has 0 aliphatic heterocycles. The Kier molecular flexibility index (Phi) is 3.03. The average Bonchev–Trinajstić information content (AvgIpc) is 2.11. The number of nitrogens with two attached hydrogens (primary N) is 2. The monoisotopic (exact) mass is 198 g/mol. The normalized spacial score (nSPS) is 12.4. The first-order chi connectivity index (χ1) is 6.50. The molecule has 1 aromatic carbocycles. The van der Waals surface area contributed by atoms with Crippen molar-refractivity contribution in [3.05, 3.63) is 29.6 Å². The van der Waals surface area contributed by atoms with E-state index in [1.165, 1.54) is 12.1 Å². The van der Waals surface area contributed by atoms with Gasteiger partial charge in [0.05, 0.1) is 5.69 Å². The first-order valence-electron chi connectivity index (χ1n) is 4.03. The topological polar surface area (TPSA) is 89.3 Å². The Bertz CT molecular complexity index is 355. The minimum absolute atomic E-state index is 0.0395. The van der Waals surface area contributed by atoms with Crippen molar-refractivity contribution in [1.82, 2.24) is 0 Å². The van der Waals surface area contributed by atoms with E-state index in [9.17, 15) is 9.18 Å². The van der Waals surface area contributed by atoms with Crippen molar-refractivity contribution < 1.29 is 14.3 Å². The number of anilines is 1. The molecule has 0 aliphatic rings. The van der Waals surface area contributed by atoms with E-state index >= 15 is 0 Å². The summed E-state index contributed by atoms with van der Waals surface area (Å²) in [6.45, 7) is 0. The highest BCUT2D eigenvalue weighted by Gasteiger charge is 2.12. The molecule has 0 heterocycles. The number of hydrogen-bond donors (Lipinski definition) is 3. The Morgan fingerprint density at radius 1 is 1.57 bits per heavy atom. The van der Waals surface area contributed by atoms with Crippen LogP contribution < -0.4 is 11.5 Å².